The number of nitrogens with zero attached hydrogens (tertiary/aromatic N) is 1. The fourth-order valence-corrected chi connectivity index (χ4v) is 5.53. The van der Waals surface area contributed by atoms with E-state index in [0.29, 0.717) is 31.1 Å². The van der Waals surface area contributed by atoms with Crippen LogP contribution in [0.15, 0.2) is 11.0 Å². The predicted octanol–water partition coefficient (Wildman–Crippen LogP) is 1.58. The molecule has 7 heteroatoms. The Morgan fingerprint density at radius 3 is 3.00 bits per heavy atom. The van der Waals surface area contributed by atoms with Crippen molar-refractivity contribution in [2.24, 2.45) is 0 Å². The monoisotopic (exact) mass is 318 g/mol. The standard InChI is InChI=1S/C13H22N2O3S2/c1-10-9-15(5-4-6-18-10)20(16,17)13-7-12(8-14-3)19-11(13)2/h7,10,14H,4-6,8-9H2,1-3H3. The quantitative estimate of drug-likeness (QED) is 0.915. The van der Waals surface area contributed by atoms with E-state index < -0.39 is 10.0 Å². The molecule has 5 nitrogen and oxygen atoms in total. The second-order valence-electron chi connectivity index (χ2n) is 5.06. The Labute approximate surface area is 125 Å². The summed E-state index contributed by atoms with van der Waals surface area (Å²) in [4.78, 5) is 2.35. The highest BCUT2D eigenvalue weighted by molar-refractivity contribution is 7.89. The van der Waals surface area contributed by atoms with Crippen LogP contribution in [0.2, 0.25) is 0 Å². The van der Waals surface area contributed by atoms with E-state index >= 15 is 0 Å². The van der Waals surface area contributed by atoms with E-state index in [9.17, 15) is 8.42 Å². The lowest BCUT2D eigenvalue weighted by molar-refractivity contribution is 0.0752. The van der Waals surface area contributed by atoms with Gasteiger partial charge >= 0.3 is 0 Å². The molecule has 1 unspecified atom stereocenters. The maximum Gasteiger partial charge on any atom is 0.244 e. The summed E-state index contributed by atoms with van der Waals surface area (Å²) >= 11 is 1.54. The van der Waals surface area contributed by atoms with Crippen LogP contribution in [0.3, 0.4) is 0 Å². The van der Waals surface area contributed by atoms with Gasteiger partial charge in [0.25, 0.3) is 0 Å². The van der Waals surface area contributed by atoms with Crippen LogP contribution in [0, 0.1) is 6.92 Å². The van der Waals surface area contributed by atoms with Crippen molar-refractivity contribution in [2.45, 2.75) is 37.8 Å². The van der Waals surface area contributed by atoms with E-state index in [0.717, 1.165) is 16.2 Å². The third kappa shape index (κ3) is 3.40. The minimum absolute atomic E-state index is 0.0528. The number of hydrogen-bond acceptors (Lipinski definition) is 5. The molecule has 0 aliphatic carbocycles. The fourth-order valence-electron chi connectivity index (χ4n) is 2.36. The molecule has 0 bridgehead atoms. The molecule has 1 aliphatic heterocycles. The largest absolute Gasteiger partial charge is 0.377 e. The molecule has 114 valence electrons. The zero-order valence-electron chi connectivity index (χ0n) is 12.2. The van der Waals surface area contributed by atoms with Crippen LogP contribution in [0.4, 0.5) is 0 Å². The van der Waals surface area contributed by atoms with Crippen molar-refractivity contribution in [3.63, 3.8) is 0 Å². The lowest BCUT2D eigenvalue weighted by Gasteiger charge is -2.21. The highest BCUT2D eigenvalue weighted by atomic mass is 32.2. The molecule has 0 saturated carbocycles. The first-order chi connectivity index (χ1) is 9.45. The molecule has 0 spiro atoms. The SMILES string of the molecule is CNCc1cc(S(=O)(=O)N2CCCOC(C)C2)c(C)s1. The molecule has 0 amide bonds. The molecule has 1 fully saturated rings. The van der Waals surface area contributed by atoms with Gasteiger partial charge in [-0.05, 0) is 33.4 Å². The highest BCUT2D eigenvalue weighted by Crippen LogP contribution is 2.29. The molecule has 0 radical (unpaired) electrons. The van der Waals surface area contributed by atoms with Crippen molar-refractivity contribution < 1.29 is 13.2 Å². The third-order valence-electron chi connectivity index (χ3n) is 3.31. The summed E-state index contributed by atoms with van der Waals surface area (Å²) in [5.41, 5.74) is 0. The molecule has 2 rings (SSSR count). The lowest BCUT2D eigenvalue weighted by Crippen LogP contribution is -2.36. The van der Waals surface area contributed by atoms with Crippen molar-refractivity contribution in [3.8, 4) is 0 Å². The van der Waals surface area contributed by atoms with Crippen molar-refractivity contribution in [3.05, 3.63) is 15.8 Å². The first-order valence-corrected chi connectivity index (χ1v) is 9.06. The van der Waals surface area contributed by atoms with Gasteiger partial charge in [0, 0.05) is 36.0 Å². The summed E-state index contributed by atoms with van der Waals surface area (Å²) in [5.74, 6) is 0. The molecule has 20 heavy (non-hydrogen) atoms. The summed E-state index contributed by atoms with van der Waals surface area (Å²) in [6, 6.07) is 1.79. The van der Waals surface area contributed by atoms with Crippen molar-refractivity contribution >= 4 is 21.4 Å². The molecular formula is C13H22N2O3S2. The van der Waals surface area contributed by atoms with Crippen molar-refractivity contribution in [1.29, 1.82) is 0 Å². The zero-order chi connectivity index (χ0) is 14.8. The van der Waals surface area contributed by atoms with E-state index in [-0.39, 0.29) is 6.10 Å². The molecule has 1 atom stereocenters. The molecule has 2 heterocycles. The van der Waals surface area contributed by atoms with E-state index in [1.807, 2.05) is 20.9 Å². The van der Waals surface area contributed by atoms with E-state index in [2.05, 4.69) is 5.32 Å². The van der Waals surface area contributed by atoms with Gasteiger partial charge in [0.1, 0.15) is 0 Å². The van der Waals surface area contributed by atoms with Crippen LogP contribution in [0.25, 0.3) is 0 Å². The molecule has 1 saturated heterocycles. The van der Waals surface area contributed by atoms with E-state index in [1.165, 1.54) is 11.3 Å². The van der Waals surface area contributed by atoms with E-state index in [1.54, 1.807) is 10.4 Å². The van der Waals surface area contributed by atoms with Crippen LogP contribution in [0.1, 0.15) is 23.1 Å². The molecule has 1 N–H and O–H groups in total. The highest BCUT2D eigenvalue weighted by Gasteiger charge is 2.30. The van der Waals surface area contributed by atoms with Crippen LogP contribution in [-0.4, -0.2) is 45.6 Å². The Hall–Kier alpha value is -0.470. The first-order valence-electron chi connectivity index (χ1n) is 6.81. The van der Waals surface area contributed by atoms with Gasteiger partial charge in [0.15, 0.2) is 0 Å². The van der Waals surface area contributed by atoms with Crippen LogP contribution in [0.5, 0.6) is 0 Å². The maximum absolute atomic E-state index is 12.8. The van der Waals surface area contributed by atoms with E-state index in [4.69, 9.17) is 4.74 Å². The fraction of sp³-hybridized carbons (Fsp3) is 0.692. The van der Waals surface area contributed by atoms with Gasteiger partial charge in [-0.25, -0.2) is 8.42 Å². The van der Waals surface area contributed by atoms with Crippen LogP contribution in [-0.2, 0) is 21.3 Å². The van der Waals surface area contributed by atoms with Gasteiger partial charge < -0.3 is 10.1 Å². The molecule has 1 aliphatic rings. The maximum atomic E-state index is 12.8. The van der Waals surface area contributed by atoms with Crippen molar-refractivity contribution in [2.75, 3.05) is 26.7 Å². The first kappa shape index (κ1) is 15.9. The second-order valence-corrected chi connectivity index (χ2v) is 8.31. The normalized spacial score (nSPS) is 21.9. The summed E-state index contributed by atoms with van der Waals surface area (Å²) in [6.45, 7) is 6.07. The lowest BCUT2D eigenvalue weighted by atomic mass is 10.4. The topological polar surface area (TPSA) is 58.6 Å². The molecular weight excluding hydrogens is 296 g/mol. The van der Waals surface area contributed by atoms with Gasteiger partial charge in [0.05, 0.1) is 11.0 Å². The molecule has 1 aromatic rings. The number of aryl methyl sites for hydroxylation is 1. The second kappa shape index (κ2) is 6.53. The summed E-state index contributed by atoms with van der Waals surface area (Å²) in [6.07, 6.45) is 0.693. The minimum Gasteiger partial charge on any atom is -0.377 e. The zero-order valence-corrected chi connectivity index (χ0v) is 13.8. The smallest absolute Gasteiger partial charge is 0.244 e. The Morgan fingerprint density at radius 2 is 2.30 bits per heavy atom. The van der Waals surface area contributed by atoms with Gasteiger partial charge in [0.2, 0.25) is 10.0 Å². The number of thiophene rings is 1. The summed E-state index contributed by atoms with van der Waals surface area (Å²) < 4.78 is 32.6. The summed E-state index contributed by atoms with van der Waals surface area (Å²) in [5, 5.41) is 3.05. The van der Waals surface area contributed by atoms with Crippen LogP contribution < -0.4 is 5.32 Å². The Balaban J connectivity index is 2.29. The van der Waals surface area contributed by atoms with Gasteiger partial charge in [-0.2, -0.15) is 4.31 Å². The molecule has 1 aromatic heterocycles. The molecule has 0 aromatic carbocycles. The number of hydrogen-bond donors (Lipinski definition) is 1. The predicted molar refractivity (Wildman–Crippen MR) is 80.6 cm³/mol. The van der Waals surface area contributed by atoms with Crippen molar-refractivity contribution in [1.82, 2.24) is 9.62 Å². The van der Waals surface area contributed by atoms with Gasteiger partial charge in [-0.15, -0.1) is 11.3 Å². The Morgan fingerprint density at radius 1 is 1.55 bits per heavy atom. The number of ether oxygens (including phenoxy) is 1. The minimum atomic E-state index is -3.41. The number of nitrogens with one attached hydrogen (secondary N) is 1. The van der Waals surface area contributed by atoms with Gasteiger partial charge in [-0.1, -0.05) is 0 Å². The van der Waals surface area contributed by atoms with Gasteiger partial charge in [-0.3, -0.25) is 0 Å². The average molecular weight is 318 g/mol. The summed E-state index contributed by atoms with van der Waals surface area (Å²) in [7, 11) is -1.55. The third-order valence-corrected chi connectivity index (χ3v) is 6.48. The Bertz CT molecular complexity index is 554. The number of sulfonamides is 1. The Kier molecular flexibility index (Phi) is 5.19. The average Bonchev–Trinajstić information content (AvgIpc) is 2.60. The number of rotatable bonds is 4. The van der Waals surface area contributed by atoms with Crippen LogP contribution >= 0.6 is 11.3 Å².